The van der Waals surface area contributed by atoms with E-state index in [0.29, 0.717) is 0 Å². The fourth-order valence-corrected chi connectivity index (χ4v) is 0. The van der Waals surface area contributed by atoms with Gasteiger partial charge in [-0.25, -0.2) is 0 Å². The summed E-state index contributed by atoms with van der Waals surface area (Å²) in [4.78, 5) is 0. The fraction of sp³-hybridized carbons (Fsp3) is 0. The Bertz CT molecular complexity index is 91.3. The molecule has 0 spiro atoms. The maximum absolute atomic E-state index is 9.75. The van der Waals surface area contributed by atoms with Crippen molar-refractivity contribution in [1.82, 2.24) is 0 Å². The van der Waals surface area contributed by atoms with Gasteiger partial charge >= 0.3 is 47.6 Å². The molecule has 0 fully saturated rings. The zero-order valence-corrected chi connectivity index (χ0v) is 8.65. The first kappa shape index (κ1) is 25.2. The van der Waals surface area contributed by atoms with Gasteiger partial charge in [-0.2, -0.15) is 0 Å². The molecule has 0 amide bonds. The van der Waals surface area contributed by atoms with Crippen molar-refractivity contribution < 1.29 is 77.6 Å². The average molecular weight is 305 g/mol. The van der Waals surface area contributed by atoms with Crippen LogP contribution in [-0.4, -0.2) is 21.8 Å². The quantitative estimate of drug-likeness (QED) is 0.470. The van der Waals surface area contributed by atoms with Gasteiger partial charge in [0.25, 0.3) is 0 Å². The summed E-state index contributed by atoms with van der Waals surface area (Å²) >= 11 is 0. The summed E-state index contributed by atoms with van der Waals surface area (Å²) in [5.41, 5.74) is 0. The second-order valence-corrected chi connectivity index (χ2v) is 1.48. The Labute approximate surface area is 99.8 Å². The molecular weight excluding hydrogens is 305 g/mol. The monoisotopic (exact) mass is 306 g/mol. The Morgan fingerprint density at radius 2 is 0.312 bits per heavy atom. The van der Waals surface area contributed by atoms with Crippen LogP contribution in [-0.2, 0) is 25.8 Å². The molecule has 0 N–H and O–H groups in total. The minimum absolute atomic E-state index is 0. The van der Waals surface area contributed by atoms with Gasteiger partial charge in [-0.15, -0.1) is 0 Å². The van der Waals surface area contributed by atoms with Crippen LogP contribution >= 0.6 is 0 Å². The van der Waals surface area contributed by atoms with Crippen LogP contribution in [0.4, 0.5) is 51.8 Å². The first-order valence-corrected chi connectivity index (χ1v) is 2.62. The molecule has 0 saturated carbocycles. The Hall–Kier alpha value is 0.225. The third-order valence-corrected chi connectivity index (χ3v) is 0. The Morgan fingerprint density at radius 1 is 0.312 bits per heavy atom. The molecule has 0 radical (unpaired) electrons. The van der Waals surface area contributed by atoms with E-state index in [9.17, 15) is 51.8 Å². The van der Waals surface area contributed by atoms with Crippen LogP contribution in [0.25, 0.3) is 0 Å². The van der Waals surface area contributed by atoms with Crippen molar-refractivity contribution in [1.29, 1.82) is 0 Å². The van der Waals surface area contributed by atoms with Gasteiger partial charge in [0.2, 0.25) is 0 Å². The summed E-state index contributed by atoms with van der Waals surface area (Å²) in [7, 11) is -18.0. The molecule has 16 heteroatoms. The molecule has 0 saturated heterocycles. The van der Waals surface area contributed by atoms with Crippen LogP contribution < -0.4 is 0 Å². The number of hydrogen-bond acceptors (Lipinski definition) is 0. The van der Waals surface area contributed by atoms with Crippen molar-refractivity contribution >= 4 is 21.8 Å². The summed E-state index contributed by atoms with van der Waals surface area (Å²) in [6, 6.07) is 0. The molecule has 0 aliphatic carbocycles. The molecule has 0 heterocycles. The largest absolute Gasteiger partial charge is 3.00 e. The molecule has 0 aromatic carbocycles. The first-order chi connectivity index (χ1) is 6.00. The van der Waals surface area contributed by atoms with Crippen molar-refractivity contribution in [2.75, 3.05) is 0 Å². The number of halogens is 12. The van der Waals surface area contributed by atoms with E-state index in [2.05, 4.69) is 0 Å². The van der Waals surface area contributed by atoms with E-state index in [1.54, 1.807) is 0 Å². The van der Waals surface area contributed by atoms with Crippen LogP contribution in [0.1, 0.15) is 0 Å². The van der Waals surface area contributed by atoms with Crippen LogP contribution in [0.5, 0.6) is 0 Å². The molecule has 0 nitrogen and oxygen atoms in total. The SMILES string of the molecule is F[B-](F)(F)F.F[B-](F)(F)F.F[B-](F)(F)F.[Sc+3]. The number of rotatable bonds is 0. The van der Waals surface area contributed by atoms with Crippen LogP contribution in [0.15, 0.2) is 0 Å². The Balaban J connectivity index is -0.0000000655. The predicted octanol–water partition coefficient (Wildman–Crippen LogP) is 3.90. The van der Waals surface area contributed by atoms with E-state index in [1.807, 2.05) is 0 Å². The normalized spacial score (nSPS) is 11.2. The summed E-state index contributed by atoms with van der Waals surface area (Å²) in [6.07, 6.45) is 0. The van der Waals surface area contributed by atoms with Crippen molar-refractivity contribution in [2.45, 2.75) is 0 Å². The second kappa shape index (κ2) is 9.28. The van der Waals surface area contributed by atoms with Gasteiger partial charge < -0.3 is 51.8 Å². The van der Waals surface area contributed by atoms with Crippen molar-refractivity contribution in [2.24, 2.45) is 0 Å². The van der Waals surface area contributed by atoms with Crippen LogP contribution in [0.3, 0.4) is 0 Å². The van der Waals surface area contributed by atoms with E-state index < -0.39 is 21.8 Å². The van der Waals surface area contributed by atoms with Crippen molar-refractivity contribution in [3.8, 4) is 0 Å². The molecule has 0 aliphatic rings. The molecular formula is B3F12Sc. The van der Waals surface area contributed by atoms with Crippen molar-refractivity contribution in [3.05, 3.63) is 0 Å². The molecule has 0 bridgehead atoms. The zero-order chi connectivity index (χ0) is 13.5. The molecule has 0 rings (SSSR count). The summed E-state index contributed by atoms with van der Waals surface area (Å²) in [6.45, 7) is 0. The average Bonchev–Trinajstić information content (AvgIpc) is 1.41. The van der Waals surface area contributed by atoms with E-state index in [4.69, 9.17) is 0 Å². The van der Waals surface area contributed by atoms with Gasteiger partial charge in [0.05, 0.1) is 0 Å². The molecule has 0 unspecified atom stereocenters. The van der Waals surface area contributed by atoms with Gasteiger partial charge in [-0.3, -0.25) is 0 Å². The summed E-state index contributed by atoms with van der Waals surface area (Å²) < 4.78 is 117. The third kappa shape index (κ3) is 49200. The third-order valence-electron chi connectivity index (χ3n) is 0. The van der Waals surface area contributed by atoms with Gasteiger partial charge in [0.15, 0.2) is 0 Å². The molecule has 0 aromatic heterocycles. The Kier molecular flexibility index (Phi) is 14.6. The van der Waals surface area contributed by atoms with Gasteiger partial charge in [-0.1, -0.05) is 0 Å². The maximum atomic E-state index is 9.75. The maximum Gasteiger partial charge on any atom is 3.00 e. The number of hydrogen-bond donors (Lipinski definition) is 0. The second-order valence-electron chi connectivity index (χ2n) is 1.48. The van der Waals surface area contributed by atoms with E-state index in [1.165, 1.54) is 0 Å². The standard InChI is InChI=1S/3BF4.Sc/c3*2-1(3,4)5;/q3*-1;+3. The molecule has 96 valence electrons. The van der Waals surface area contributed by atoms with Gasteiger partial charge in [0, 0.05) is 0 Å². The zero-order valence-electron chi connectivity index (χ0n) is 6.84. The van der Waals surface area contributed by atoms with Crippen LogP contribution in [0.2, 0.25) is 0 Å². The molecule has 0 aromatic rings. The van der Waals surface area contributed by atoms with E-state index >= 15 is 0 Å². The Morgan fingerprint density at radius 3 is 0.312 bits per heavy atom. The van der Waals surface area contributed by atoms with Crippen molar-refractivity contribution in [3.63, 3.8) is 0 Å². The summed E-state index contributed by atoms with van der Waals surface area (Å²) in [5.74, 6) is 0. The predicted molar refractivity (Wildman–Crippen MR) is 30.6 cm³/mol. The van der Waals surface area contributed by atoms with Gasteiger partial charge in [0.1, 0.15) is 0 Å². The van der Waals surface area contributed by atoms with Crippen LogP contribution in [0, 0.1) is 0 Å². The molecule has 0 atom stereocenters. The minimum Gasteiger partial charge on any atom is -0.418 e. The smallest absolute Gasteiger partial charge is 0.418 e. The van der Waals surface area contributed by atoms with Gasteiger partial charge in [-0.05, 0) is 0 Å². The molecule has 16 heavy (non-hydrogen) atoms. The topological polar surface area (TPSA) is 0 Å². The fourth-order valence-electron chi connectivity index (χ4n) is 0. The van der Waals surface area contributed by atoms with E-state index in [-0.39, 0.29) is 25.8 Å². The molecule has 0 aliphatic heterocycles. The summed E-state index contributed by atoms with van der Waals surface area (Å²) in [5, 5.41) is 0. The minimum atomic E-state index is -6.00. The van der Waals surface area contributed by atoms with E-state index in [0.717, 1.165) is 0 Å². The first-order valence-electron chi connectivity index (χ1n) is 2.62.